The van der Waals surface area contributed by atoms with Gasteiger partial charge in [0.05, 0.1) is 12.2 Å². The number of hydrogen-bond donors (Lipinski definition) is 3. The molecular formula is C12H24N2O3. The highest BCUT2D eigenvalue weighted by Gasteiger charge is 2.29. The molecule has 5 nitrogen and oxygen atoms in total. The van der Waals surface area contributed by atoms with Gasteiger partial charge in [-0.2, -0.15) is 0 Å². The van der Waals surface area contributed by atoms with Gasteiger partial charge in [0, 0.05) is 13.1 Å². The van der Waals surface area contributed by atoms with Crippen molar-refractivity contribution < 1.29 is 14.6 Å². The Labute approximate surface area is 103 Å². The van der Waals surface area contributed by atoms with Crippen molar-refractivity contribution in [3.05, 3.63) is 0 Å². The van der Waals surface area contributed by atoms with Crippen LogP contribution in [0.4, 0.5) is 0 Å². The van der Waals surface area contributed by atoms with Crippen molar-refractivity contribution in [2.24, 2.45) is 11.7 Å². The lowest BCUT2D eigenvalue weighted by atomic mass is 10.1. The van der Waals surface area contributed by atoms with Crippen LogP contribution in [-0.2, 0) is 9.53 Å². The molecule has 0 aliphatic carbocycles. The molecule has 0 aromatic heterocycles. The topological polar surface area (TPSA) is 84.6 Å². The number of hydrogen-bond acceptors (Lipinski definition) is 4. The Morgan fingerprint density at radius 3 is 2.76 bits per heavy atom. The van der Waals surface area contributed by atoms with Gasteiger partial charge in [-0.3, -0.25) is 4.79 Å². The van der Waals surface area contributed by atoms with Gasteiger partial charge in [0.2, 0.25) is 5.91 Å². The first-order valence-corrected chi connectivity index (χ1v) is 6.34. The Hall–Kier alpha value is -0.650. The molecule has 100 valence electrons. The van der Waals surface area contributed by atoms with E-state index in [9.17, 15) is 9.90 Å². The highest BCUT2D eigenvalue weighted by molar-refractivity contribution is 5.81. The molecule has 1 amide bonds. The normalized spacial score (nSPS) is 26.2. The molecule has 0 bridgehead atoms. The third-order valence-electron chi connectivity index (χ3n) is 2.92. The Balaban J connectivity index is 2.21. The maximum absolute atomic E-state index is 11.7. The number of aliphatic hydroxyl groups is 1. The molecule has 0 aromatic rings. The van der Waals surface area contributed by atoms with Gasteiger partial charge < -0.3 is 20.9 Å². The largest absolute Gasteiger partial charge is 0.391 e. The first kappa shape index (κ1) is 14.4. The summed E-state index contributed by atoms with van der Waals surface area (Å²) < 4.78 is 5.47. The zero-order chi connectivity index (χ0) is 12.8. The first-order valence-electron chi connectivity index (χ1n) is 6.34. The fourth-order valence-corrected chi connectivity index (χ4v) is 2.03. The number of nitrogens with one attached hydrogen (secondary N) is 1. The quantitative estimate of drug-likeness (QED) is 0.615. The van der Waals surface area contributed by atoms with Gasteiger partial charge in [-0.15, -0.1) is 0 Å². The molecule has 1 heterocycles. The van der Waals surface area contributed by atoms with E-state index in [-0.39, 0.29) is 12.0 Å². The highest BCUT2D eigenvalue weighted by atomic mass is 16.5. The van der Waals surface area contributed by atoms with Gasteiger partial charge in [-0.25, -0.2) is 0 Å². The summed E-state index contributed by atoms with van der Waals surface area (Å²) in [6.07, 6.45) is 1.38. The molecule has 3 atom stereocenters. The molecular weight excluding hydrogens is 220 g/mol. The Kier molecular flexibility index (Phi) is 5.88. The summed E-state index contributed by atoms with van der Waals surface area (Å²) in [7, 11) is 0. The second-order valence-electron chi connectivity index (χ2n) is 5.09. The smallest absolute Gasteiger partial charge is 0.249 e. The van der Waals surface area contributed by atoms with Crippen molar-refractivity contribution in [3.8, 4) is 0 Å². The van der Waals surface area contributed by atoms with Crippen molar-refractivity contribution >= 4 is 5.91 Å². The van der Waals surface area contributed by atoms with E-state index in [2.05, 4.69) is 5.32 Å². The summed E-state index contributed by atoms with van der Waals surface area (Å²) in [5.41, 5.74) is 5.48. The minimum Gasteiger partial charge on any atom is -0.391 e. The molecule has 5 heteroatoms. The minimum atomic E-state index is -0.481. The molecule has 0 spiro atoms. The Morgan fingerprint density at radius 1 is 1.53 bits per heavy atom. The monoisotopic (exact) mass is 244 g/mol. The number of rotatable bonds is 6. The van der Waals surface area contributed by atoms with Crippen molar-refractivity contribution in [1.29, 1.82) is 0 Å². The summed E-state index contributed by atoms with van der Waals surface area (Å²) in [6, 6.07) is 0. The summed E-state index contributed by atoms with van der Waals surface area (Å²) in [4.78, 5) is 11.7. The van der Waals surface area contributed by atoms with Crippen LogP contribution in [0.5, 0.6) is 0 Å². The van der Waals surface area contributed by atoms with Gasteiger partial charge in [0.15, 0.2) is 0 Å². The maximum Gasteiger partial charge on any atom is 0.249 e. The van der Waals surface area contributed by atoms with E-state index in [4.69, 9.17) is 10.5 Å². The number of carbonyl (C=O) groups excluding carboxylic acids is 1. The molecule has 1 aliphatic rings. The van der Waals surface area contributed by atoms with Crippen LogP contribution in [0.25, 0.3) is 0 Å². The van der Waals surface area contributed by atoms with Gasteiger partial charge in [-0.05, 0) is 25.2 Å². The number of amides is 1. The predicted octanol–water partition coefficient (Wildman–Crippen LogP) is 0.0159. The molecule has 1 aliphatic heterocycles. The molecule has 0 saturated carbocycles. The van der Waals surface area contributed by atoms with Gasteiger partial charge in [0.25, 0.3) is 0 Å². The van der Waals surface area contributed by atoms with E-state index >= 15 is 0 Å². The predicted molar refractivity (Wildman–Crippen MR) is 65.4 cm³/mol. The number of aliphatic hydroxyl groups excluding tert-OH is 1. The van der Waals surface area contributed by atoms with Gasteiger partial charge >= 0.3 is 0 Å². The number of ether oxygens (including phenoxy) is 1. The zero-order valence-electron chi connectivity index (χ0n) is 10.7. The van der Waals surface area contributed by atoms with Crippen LogP contribution in [0.3, 0.4) is 0 Å². The molecule has 3 unspecified atom stereocenters. The lowest BCUT2D eigenvalue weighted by Crippen LogP contribution is -2.39. The zero-order valence-corrected chi connectivity index (χ0v) is 10.7. The van der Waals surface area contributed by atoms with Crippen LogP contribution in [0.2, 0.25) is 0 Å². The average Bonchev–Trinajstić information content (AvgIpc) is 2.73. The number of nitrogens with two attached hydrogens (primary N) is 1. The molecule has 1 rings (SSSR count). The third kappa shape index (κ3) is 5.02. The van der Waals surface area contributed by atoms with E-state index in [0.717, 1.165) is 6.42 Å². The van der Waals surface area contributed by atoms with Crippen molar-refractivity contribution in [3.63, 3.8) is 0 Å². The highest BCUT2D eigenvalue weighted by Crippen LogP contribution is 2.18. The van der Waals surface area contributed by atoms with Crippen LogP contribution in [0.15, 0.2) is 0 Å². The van der Waals surface area contributed by atoms with Crippen LogP contribution in [0, 0.1) is 5.92 Å². The molecule has 0 aromatic carbocycles. The third-order valence-corrected chi connectivity index (χ3v) is 2.92. The Morgan fingerprint density at radius 2 is 2.24 bits per heavy atom. The van der Waals surface area contributed by atoms with Gasteiger partial charge in [0.1, 0.15) is 6.10 Å². The van der Waals surface area contributed by atoms with Crippen molar-refractivity contribution in [1.82, 2.24) is 5.32 Å². The summed E-state index contributed by atoms with van der Waals surface area (Å²) >= 11 is 0. The fourth-order valence-electron chi connectivity index (χ4n) is 2.03. The second kappa shape index (κ2) is 6.93. The fraction of sp³-hybridized carbons (Fsp3) is 0.917. The van der Waals surface area contributed by atoms with E-state index in [0.29, 0.717) is 31.8 Å². The molecule has 0 radical (unpaired) electrons. The lowest BCUT2D eigenvalue weighted by Gasteiger charge is -2.16. The molecule has 4 N–H and O–H groups in total. The van der Waals surface area contributed by atoms with E-state index < -0.39 is 12.2 Å². The van der Waals surface area contributed by atoms with Crippen molar-refractivity contribution in [2.45, 2.75) is 51.4 Å². The minimum absolute atomic E-state index is 0.00587. The lowest BCUT2D eigenvalue weighted by molar-refractivity contribution is -0.132. The van der Waals surface area contributed by atoms with Crippen molar-refractivity contribution in [2.75, 3.05) is 13.1 Å². The van der Waals surface area contributed by atoms with E-state index in [1.807, 2.05) is 13.8 Å². The summed E-state index contributed by atoms with van der Waals surface area (Å²) in [5.74, 6) is 0.287. The van der Waals surface area contributed by atoms with Gasteiger partial charge in [-0.1, -0.05) is 13.8 Å². The van der Waals surface area contributed by atoms with Crippen LogP contribution >= 0.6 is 0 Å². The second-order valence-corrected chi connectivity index (χ2v) is 5.09. The first-order chi connectivity index (χ1) is 8.02. The Bertz CT molecular complexity index is 246. The van der Waals surface area contributed by atoms with E-state index in [1.165, 1.54) is 0 Å². The summed E-state index contributed by atoms with van der Waals surface area (Å²) in [6.45, 7) is 4.83. The summed E-state index contributed by atoms with van der Waals surface area (Å²) in [5, 5.41) is 12.4. The standard InChI is InChI=1S/C12H24N2O3/c1-8(2)5-9(15)7-14-12(16)11-4-3-10(6-13)17-11/h8-11,15H,3-7,13H2,1-2H3,(H,14,16). The van der Waals surface area contributed by atoms with E-state index in [1.54, 1.807) is 0 Å². The van der Waals surface area contributed by atoms with Crippen LogP contribution in [0.1, 0.15) is 33.1 Å². The molecule has 1 saturated heterocycles. The van der Waals surface area contributed by atoms with Crippen LogP contribution in [-0.4, -0.2) is 42.4 Å². The maximum atomic E-state index is 11.7. The molecule has 17 heavy (non-hydrogen) atoms. The SMILES string of the molecule is CC(C)CC(O)CNC(=O)C1CCC(CN)O1. The molecule has 1 fully saturated rings. The number of carbonyl (C=O) groups is 1. The average molecular weight is 244 g/mol. The van der Waals surface area contributed by atoms with Crippen LogP contribution < -0.4 is 11.1 Å².